The van der Waals surface area contributed by atoms with Crippen LogP contribution in [0.2, 0.25) is 0 Å². The number of rotatable bonds is 30. The number of carbonyl (C=O) groups excluding carboxylic acids is 2. The number of pyridine rings is 1. The van der Waals surface area contributed by atoms with E-state index in [0.29, 0.717) is 93.6 Å². The number of sulfone groups is 1. The van der Waals surface area contributed by atoms with Crippen LogP contribution >= 0.6 is 0 Å². The summed E-state index contributed by atoms with van der Waals surface area (Å²) in [5.74, 6) is -1.79. The molecular weight excluding hydrogens is 930 g/mol. The molecule has 0 saturated carbocycles. The molecule has 14 nitrogen and oxygen atoms in total. The van der Waals surface area contributed by atoms with E-state index >= 15 is 0 Å². The van der Waals surface area contributed by atoms with Gasteiger partial charge in [0.15, 0.2) is 9.84 Å². The molecule has 18 heteroatoms. The van der Waals surface area contributed by atoms with Crippen molar-refractivity contribution in [3.8, 4) is 11.3 Å². The maximum atomic E-state index is 13.7. The van der Waals surface area contributed by atoms with Crippen LogP contribution in [-0.4, -0.2) is 108 Å². The molecule has 0 bridgehead atoms. The number of anilines is 2. The first-order valence-corrected chi connectivity index (χ1v) is 24.9. The summed E-state index contributed by atoms with van der Waals surface area (Å²) in [6, 6.07) is 27.2. The van der Waals surface area contributed by atoms with Gasteiger partial charge in [-0.05, 0) is 123 Å². The number of aryl methyl sites for hydroxylation is 2. The number of carbonyl (C=O) groups is 3. The molecule has 0 spiro atoms. The molecule has 70 heavy (non-hydrogen) atoms. The minimum absolute atomic E-state index is 0.0142. The average molecular weight is 991 g/mol. The Morgan fingerprint density at radius 1 is 0.671 bits per heavy atom. The second-order valence-electron chi connectivity index (χ2n) is 16.1. The van der Waals surface area contributed by atoms with Crippen molar-refractivity contribution < 1.29 is 60.0 Å². The lowest BCUT2D eigenvalue weighted by Gasteiger charge is -2.23. The normalized spacial score (nSPS) is 11.6. The zero-order chi connectivity index (χ0) is 50.4. The Morgan fingerprint density at radius 2 is 1.30 bits per heavy atom. The van der Waals surface area contributed by atoms with E-state index < -0.39 is 33.5 Å². The number of benzene rings is 4. The SMILES string of the molecule is CCN(CC)c1ccc(NC(=O)c2cccc(CCCOCCOCCOCCOCCCS(=O)(=O)c3ccc(CCC(=O)O)cc3)c2)c(-c2cc(C(=O)NCc3cccc(C(F)(F)F)c3)ccn2)c1. The fraction of sp³-hybridized carbons (Fsp3) is 0.385. The molecule has 0 aliphatic carbocycles. The van der Waals surface area contributed by atoms with Gasteiger partial charge in [0.1, 0.15) is 0 Å². The van der Waals surface area contributed by atoms with E-state index in [1.807, 2.05) is 44.2 Å². The standard InChI is InChI=1S/C52H61F3N4O10S/c1-3-59(4-2)44-17-20-47(46(36-44)48-35-42(22-23-56-48)50(62)57-37-40-10-6-13-43(34-40)52(53,54)55)58-51(63)41-12-5-9-39(33-41)11-7-24-66-26-28-68-30-31-69-29-27-67-25-8-32-70(64,65)45-18-14-38(15-19-45)16-21-49(60)61/h5-6,9-10,12-15,17-20,22-23,33-36H,3-4,7-8,11,16,21,24-32,37H2,1-2H3,(H,57,62)(H,58,63)(H,60,61). The molecule has 0 fully saturated rings. The predicted octanol–water partition coefficient (Wildman–Crippen LogP) is 8.68. The van der Waals surface area contributed by atoms with E-state index in [1.165, 1.54) is 36.5 Å². The van der Waals surface area contributed by atoms with Crippen molar-refractivity contribution in [1.29, 1.82) is 0 Å². The van der Waals surface area contributed by atoms with E-state index in [2.05, 4.69) is 20.5 Å². The minimum atomic E-state index is -4.50. The summed E-state index contributed by atoms with van der Waals surface area (Å²) >= 11 is 0. The molecule has 0 radical (unpaired) electrons. The molecule has 0 aliphatic heterocycles. The third-order valence-electron chi connectivity index (χ3n) is 11.1. The summed E-state index contributed by atoms with van der Waals surface area (Å²) < 4.78 is 87.3. The van der Waals surface area contributed by atoms with E-state index in [4.69, 9.17) is 24.1 Å². The van der Waals surface area contributed by atoms with Crippen LogP contribution < -0.4 is 15.5 Å². The molecule has 0 saturated heterocycles. The largest absolute Gasteiger partial charge is 0.481 e. The van der Waals surface area contributed by atoms with Crippen LogP contribution in [0.4, 0.5) is 24.5 Å². The number of hydrogen-bond donors (Lipinski definition) is 3. The molecule has 376 valence electrons. The molecular formula is C52H61F3N4O10S. The van der Waals surface area contributed by atoms with E-state index in [0.717, 1.165) is 48.5 Å². The lowest BCUT2D eigenvalue weighted by molar-refractivity contribution is -0.138. The van der Waals surface area contributed by atoms with Gasteiger partial charge in [0.25, 0.3) is 11.8 Å². The van der Waals surface area contributed by atoms with Crippen molar-refractivity contribution in [3.05, 3.63) is 143 Å². The number of halogens is 3. The van der Waals surface area contributed by atoms with Crippen LogP contribution in [0.15, 0.2) is 114 Å². The summed E-state index contributed by atoms with van der Waals surface area (Å²) in [4.78, 5) is 44.6. The van der Waals surface area contributed by atoms with Gasteiger partial charge >= 0.3 is 12.1 Å². The number of amides is 2. The summed E-state index contributed by atoms with van der Waals surface area (Å²) in [7, 11) is -3.47. The maximum absolute atomic E-state index is 13.7. The highest BCUT2D eigenvalue weighted by molar-refractivity contribution is 7.91. The Kier molecular flexibility index (Phi) is 21.8. The monoisotopic (exact) mass is 990 g/mol. The number of aromatic nitrogens is 1. The zero-order valence-corrected chi connectivity index (χ0v) is 40.3. The van der Waals surface area contributed by atoms with Crippen molar-refractivity contribution in [2.45, 2.75) is 63.6 Å². The first-order chi connectivity index (χ1) is 33.7. The number of aliphatic carboxylic acids is 1. The van der Waals surface area contributed by atoms with Crippen LogP contribution in [0.25, 0.3) is 11.3 Å². The molecule has 0 unspecified atom stereocenters. The number of hydrogen-bond acceptors (Lipinski definition) is 11. The molecule has 3 N–H and O–H groups in total. The van der Waals surface area contributed by atoms with E-state index in [9.17, 15) is 36.0 Å². The maximum Gasteiger partial charge on any atom is 0.416 e. The second kappa shape index (κ2) is 27.9. The number of nitrogens with zero attached hydrogens (tertiary/aromatic N) is 2. The van der Waals surface area contributed by atoms with E-state index in [1.54, 1.807) is 30.3 Å². The minimum Gasteiger partial charge on any atom is -0.481 e. The van der Waals surface area contributed by atoms with Crippen LogP contribution in [0, 0.1) is 0 Å². The van der Waals surface area contributed by atoms with Gasteiger partial charge in [-0.15, -0.1) is 0 Å². The van der Waals surface area contributed by atoms with Gasteiger partial charge in [-0.3, -0.25) is 19.4 Å². The number of ether oxygens (including phenoxy) is 4. The Labute approximate surface area is 407 Å². The highest BCUT2D eigenvalue weighted by Crippen LogP contribution is 2.33. The van der Waals surface area contributed by atoms with Gasteiger partial charge in [0.05, 0.1) is 67.2 Å². The lowest BCUT2D eigenvalue weighted by atomic mass is 10.0. The third kappa shape index (κ3) is 18.0. The molecule has 1 heterocycles. The van der Waals surface area contributed by atoms with Gasteiger partial charge in [0, 0.05) is 67.8 Å². The Balaban J connectivity index is 0.997. The summed E-state index contributed by atoms with van der Waals surface area (Å²) in [5.41, 5.74) is 4.31. The van der Waals surface area contributed by atoms with Crippen LogP contribution in [0.5, 0.6) is 0 Å². The average Bonchev–Trinajstić information content (AvgIpc) is 3.35. The highest BCUT2D eigenvalue weighted by Gasteiger charge is 2.30. The van der Waals surface area contributed by atoms with Crippen LogP contribution in [-0.2, 0) is 59.1 Å². The van der Waals surface area contributed by atoms with Gasteiger partial charge in [0.2, 0.25) is 0 Å². The molecule has 5 rings (SSSR count). The number of carboxylic acid groups (broad SMARTS) is 1. The fourth-order valence-corrected chi connectivity index (χ4v) is 8.57. The van der Waals surface area contributed by atoms with Crippen molar-refractivity contribution in [3.63, 3.8) is 0 Å². The van der Waals surface area contributed by atoms with Crippen molar-refractivity contribution in [2.24, 2.45) is 0 Å². The first-order valence-electron chi connectivity index (χ1n) is 23.2. The Morgan fingerprint density at radius 3 is 1.96 bits per heavy atom. The molecule has 0 atom stereocenters. The summed E-state index contributed by atoms with van der Waals surface area (Å²) in [6.45, 7) is 8.38. The molecule has 0 aliphatic rings. The van der Waals surface area contributed by atoms with Gasteiger partial charge in [-0.25, -0.2) is 8.42 Å². The molecule has 1 aromatic heterocycles. The van der Waals surface area contributed by atoms with Gasteiger partial charge in [-0.1, -0.05) is 36.4 Å². The topological polar surface area (TPSA) is 183 Å². The lowest BCUT2D eigenvalue weighted by Crippen LogP contribution is -2.23. The smallest absolute Gasteiger partial charge is 0.416 e. The fourth-order valence-electron chi connectivity index (χ4n) is 7.29. The van der Waals surface area contributed by atoms with Crippen molar-refractivity contribution in [2.75, 3.05) is 81.9 Å². The summed E-state index contributed by atoms with van der Waals surface area (Å²) in [6.07, 6.45) is -0.974. The Bertz CT molecular complexity index is 2570. The number of carboxylic acids is 1. The highest BCUT2D eigenvalue weighted by atomic mass is 32.2. The van der Waals surface area contributed by atoms with Crippen molar-refractivity contribution in [1.82, 2.24) is 10.3 Å². The molecule has 5 aromatic rings. The zero-order valence-electron chi connectivity index (χ0n) is 39.5. The quantitative estimate of drug-likeness (QED) is 0.0373. The van der Waals surface area contributed by atoms with E-state index in [-0.39, 0.29) is 41.7 Å². The predicted molar refractivity (Wildman–Crippen MR) is 261 cm³/mol. The van der Waals surface area contributed by atoms with Gasteiger partial charge in [-0.2, -0.15) is 13.2 Å². The Hall–Kier alpha value is -6.18. The van der Waals surface area contributed by atoms with Crippen LogP contribution in [0.1, 0.15) is 76.1 Å². The summed E-state index contributed by atoms with van der Waals surface area (Å²) in [5, 5.41) is 14.5. The molecule has 2 amide bonds. The number of alkyl halides is 3. The first kappa shape index (κ1) is 54.8. The van der Waals surface area contributed by atoms with Gasteiger partial charge < -0.3 is 39.6 Å². The van der Waals surface area contributed by atoms with Crippen molar-refractivity contribution >= 4 is 39.0 Å². The number of nitrogens with one attached hydrogen (secondary N) is 2. The molecule has 4 aromatic carbocycles. The second-order valence-corrected chi connectivity index (χ2v) is 18.2. The van der Waals surface area contributed by atoms with Crippen LogP contribution in [0.3, 0.4) is 0 Å². The third-order valence-corrected chi connectivity index (χ3v) is 12.9.